The van der Waals surface area contributed by atoms with Crippen LogP contribution in [0, 0.1) is 13.8 Å². The first-order valence-electron chi connectivity index (χ1n) is 20.9. The summed E-state index contributed by atoms with van der Waals surface area (Å²) in [6.45, 7) is 15.9. The van der Waals surface area contributed by atoms with Gasteiger partial charge in [-0.05, 0) is 153 Å². The Morgan fingerprint density at radius 3 is 2.30 bits per heavy atom. The third kappa shape index (κ3) is 9.73. The van der Waals surface area contributed by atoms with Crippen molar-refractivity contribution in [3.05, 3.63) is 131 Å². The van der Waals surface area contributed by atoms with Crippen LogP contribution >= 0.6 is 0 Å². The van der Waals surface area contributed by atoms with Gasteiger partial charge < -0.3 is 19.4 Å². The maximum absolute atomic E-state index is 11.1. The molecule has 0 radical (unpaired) electrons. The first-order chi connectivity index (χ1) is 27.2. The van der Waals surface area contributed by atoms with E-state index in [1.165, 1.54) is 97.0 Å². The maximum atomic E-state index is 11.1. The van der Waals surface area contributed by atoms with Crippen molar-refractivity contribution in [3.8, 4) is 22.4 Å². The van der Waals surface area contributed by atoms with Crippen molar-refractivity contribution in [2.24, 2.45) is 7.05 Å². The van der Waals surface area contributed by atoms with E-state index in [1.54, 1.807) is 0 Å². The highest BCUT2D eigenvalue weighted by molar-refractivity contribution is 5.92. The molecule has 1 heterocycles. The lowest BCUT2D eigenvalue weighted by atomic mass is 9.80. The van der Waals surface area contributed by atoms with Gasteiger partial charge in [-0.3, -0.25) is 0 Å². The van der Waals surface area contributed by atoms with Crippen LogP contribution < -0.4 is 5.32 Å². The highest BCUT2D eigenvalue weighted by atomic mass is 16.5. The summed E-state index contributed by atoms with van der Waals surface area (Å²) >= 11 is 0. The number of unbranched alkanes of at least 4 members (excludes halogenated alkanes) is 3. The van der Waals surface area contributed by atoms with Crippen LogP contribution in [-0.2, 0) is 27.7 Å². The minimum absolute atomic E-state index is 0.338. The molecule has 5 heteroatoms. The predicted octanol–water partition coefficient (Wildman–Crippen LogP) is 13.3. The summed E-state index contributed by atoms with van der Waals surface area (Å²) in [4.78, 5) is 11.1. The lowest BCUT2D eigenvalue weighted by Crippen LogP contribution is -2.21. The molecule has 4 aromatic carbocycles. The fourth-order valence-corrected chi connectivity index (χ4v) is 8.66. The molecule has 1 aliphatic carbocycles. The minimum atomic E-state index is -0.338. The Morgan fingerprint density at radius 2 is 1.57 bits per heavy atom. The van der Waals surface area contributed by atoms with Crippen molar-refractivity contribution in [2.75, 3.05) is 18.5 Å². The van der Waals surface area contributed by atoms with E-state index in [4.69, 9.17) is 9.47 Å². The second-order valence-corrected chi connectivity index (χ2v) is 15.8. The van der Waals surface area contributed by atoms with Gasteiger partial charge >= 0.3 is 5.97 Å². The van der Waals surface area contributed by atoms with E-state index < -0.39 is 0 Å². The van der Waals surface area contributed by atoms with Gasteiger partial charge in [-0.25, -0.2) is 4.79 Å². The number of aromatic nitrogens is 1. The number of carbonyl (C=O) groups is 1. The van der Waals surface area contributed by atoms with Crippen molar-refractivity contribution in [1.82, 2.24) is 4.57 Å². The molecule has 0 amide bonds. The number of aryl methyl sites for hydroxylation is 4. The van der Waals surface area contributed by atoms with Crippen LogP contribution in [0.4, 0.5) is 5.69 Å². The summed E-state index contributed by atoms with van der Waals surface area (Å²) in [5, 5.41) is 5.18. The average molecular weight is 751 g/mol. The number of carbonyl (C=O) groups excluding carboxylic acids is 1. The van der Waals surface area contributed by atoms with Gasteiger partial charge in [0.15, 0.2) is 0 Å². The molecule has 0 aliphatic heterocycles. The molecule has 1 aliphatic rings. The molecule has 1 saturated carbocycles. The fraction of sp³-hybridized carbons (Fsp3) is 0.392. The summed E-state index contributed by atoms with van der Waals surface area (Å²) in [5.41, 5.74) is 16.7. The van der Waals surface area contributed by atoms with Crippen molar-refractivity contribution in [2.45, 2.75) is 111 Å². The van der Waals surface area contributed by atoms with E-state index in [-0.39, 0.29) is 5.97 Å². The number of rotatable bonds is 17. The Hall–Kier alpha value is -4.87. The molecule has 6 rings (SSSR count). The number of nitrogens with zero attached hydrogens (tertiary/aromatic N) is 1. The van der Waals surface area contributed by atoms with Crippen molar-refractivity contribution in [3.63, 3.8) is 0 Å². The van der Waals surface area contributed by atoms with Gasteiger partial charge in [-0.1, -0.05) is 93.1 Å². The number of hydrogen-bond acceptors (Lipinski definition) is 4. The Kier molecular flexibility index (Phi) is 14.1. The fourth-order valence-electron chi connectivity index (χ4n) is 8.66. The lowest BCUT2D eigenvalue weighted by molar-refractivity contribution is -0.137. The van der Waals surface area contributed by atoms with Crippen LogP contribution in [0.3, 0.4) is 0 Å². The molecule has 0 unspecified atom stereocenters. The molecule has 294 valence electrons. The number of fused-ring (bicyclic) bond motifs is 1. The third-order valence-corrected chi connectivity index (χ3v) is 12.0. The zero-order valence-electron chi connectivity index (χ0n) is 34.7. The van der Waals surface area contributed by atoms with Gasteiger partial charge in [0.05, 0.1) is 18.4 Å². The number of para-hydroxylation sites is 1. The quantitative estimate of drug-likeness (QED) is 0.0584. The van der Waals surface area contributed by atoms with Crippen LogP contribution in [0.15, 0.2) is 103 Å². The Morgan fingerprint density at radius 1 is 0.839 bits per heavy atom. The number of esters is 1. The Labute approximate surface area is 335 Å². The lowest BCUT2D eigenvalue weighted by Gasteiger charge is -2.30. The zero-order valence-corrected chi connectivity index (χ0v) is 34.7. The molecular weight excluding hydrogens is 689 g/mol. The zero-order chi connectivity index (χ0) is 39.6. The molecule has 56 heavy (non-hydrogen) atoms. The molecule has 0 saturated heterocycles. The standard InChI is InChI=1S/C51H62N2O3/c1-8-17-40-22-23-43(42-26-29-46(35(3)32-42)39-24-27-45(28-25-39)55-30-14-10-11-15-31-56-50(54)9-2)34-48(40)52-38(6)36(4)41-18-16-19-44(33-41)51-37(5)47-20-12-13-21-49(47)53(51)7/h9,12-13,16,18-23,26,29,32-34,39,45,52H,2,8,10-11,14-15,17,24-25,27-28,30-31H2,1,3-7H3/b38-36+. The van der Waals surface area contributed by atoms with E-state index >= 15 is 0 Å². The van der Waals surface area contributed by atoms with Gasteiger partial charge in [0, 0.05) is 42.0 Å². The molecule has 5 nitrogen and oxygen atoms in total. The second kappa shape index (κ2) is 19.3. The molecule has 1 N–H and O–H groups in total. The number of allylic oxidation sites excluding steroid dienone is 2. The summed E-state index contributed by atoms with van der Waals surface area (Å²) in [7, 11) is 2.17. The summed E-state index contributed by atoms with van der Waals surface area (Å²) < 4.78 is 13.7. The van der Waals surface area contributed by atoms with Gasteiger partial charge in [-0.15, -0.1) is 0 Å². The summed E-state index contributed by atoms with van der Waals surface area (Å²) in [5.74, 6) is 0.250. The smallest absolute Gasteiger partial charge is 0.330 e. The molecule has 5 aromatic rings. The normalized spacial score (nSPS) is 16.1. The van der Waals surface area contributed by atoms with E-state index in [9.17, 15) is 4.79 Å². The predicted molar refractivity (Wildman–Crippen MR) is 236 cm³/mol. The summed E-state index contributed by atoms with van der Waals surface area (Å²) in [6, 6.07) is 31.7. The molecule has 1 aromatic heterocycles. The topological polar surface area (TPSA) is 52.5 Å². The average Bonchev–Trinajstić information content (AvgIpc) is 3.48. The number of anilines is 1. The number of nitrogens with one attached hydrogen (secondary N) is 1. The van der Waals surface area contributed by atoms with Crippen LogP contribution in [0.1, 0.15) is 112 Å². The number of ether oxygens (including phenoxy) is 2. The van der Waals surface area contributed by atoms with Crippen molar-refractivity contribution < 1.29 is 14.3 Å². The van der Waals surface area contributed by atoms with Gasteiger partial charge in [0.25, 0.3) is 0 Å². The minimum Gasteiger partial charge on any atom is -0.463 e. The number of hydrogen-bond donors (Lipinski definition) is 1. The van der Waals surface area contributed by atoms with E-state index in [2.05, 4.69) is 143 Å². The Balaban J connectivity index is 1.09. The first-order valence-corrected chi connectivity index (χ1v) is 20.9. The highest BCUT2D eigenvalue weighted by Gasteiger charge is 2.24. The van der Waals surface area contributed by atoms with E-state index in [0.717, 1.165) is 58.0 Å². The van der Waals surface area contributed by atoms with Gasteiger partial charge in [0.2, 0.25) is 0 Å². The van der Waals surface area contributed by atoms with Crippen LogP contribution in [-0.4, -0.2) is 29.9 Å². The van der Waals surface area contributed by atoms with Crippen LogP contribution in [0.25, 0.3) is 38.9 Å². The van der Waals surface area contributed by atoms with E-state index in [1.807, 2.05) is 0 Å². The van der Waals surface area contributed by atoms with E-state index in [0.29, 0.717) is 18.6 Å². The van der Waals surface area contributed by atoms with Crippen molar-refractivity contribution >= 4 is 28.1 Å². The monoisotopic (exact) mass is 750 g/mol. The molecule has 1 fully saturated rings. The molecule has 0 atom stereocenters. The maximum Gasteiger partial charge on any atom is 0.330 e. The van der Waals surface area contributed by atoms with Crippen LogP contribution in [0.2, 0.25) is 0 Å². The second-order valence-electron chi connectivity index (χ2n) is 15.8. The number of benzene rings is 4. The SMILES string of the molecule is C=CC(=O)OCCCCCCOC1CCC(c2ccc(-c3ccc(CCC)c(N/C(C)=C(\C)c4cccc(-c5c(C)c6ccccc6n5C)c4)c3)cc2C)CC1. The highest BCUT2D eigenvalue weighted by Crippen LogP contribution is 2.38. The molecule has 0 bridgehead atoms. The van der Waals surface area contributed by atoms with Gasteiger partial charge in [0.1, 0.15) is 0 Å². The first kappa shape index (κ1) is 40.8. The molecular formula is C51H62N2O3. The molecule has 0 spiro atoms. The summed E-state index contributed by atoms with van der Waals surface area (Å²) in [6.07, 6.45) is 12.4. The Bertz CT molecular complexity index is 2120. The third-order valence-electron chi connectivity index (χ3n) is 12.0. The van der Waals surface area contributed by atoms with Crippen molar-refractivity contribution in [1.29, 1.82) is 0 Å². The van der Waals surface area contributed by atoms with Crippen LogP contribution in [0.5, 0.6) is 0 Å². The van der Waals surface area contributed by atoms with Gasteiger partial charge in [-0.2, -0.15) is 0 Å². The largest absolute Gasteiger partial charge is 0.463 e.